The van der Waals surface area contributed by atoms with E-state index in [2.05, 4.69) is 15.1 Å². The second kappa shape index (κ2) is 5.37. The van der Waals surface area contributed by atoms with Crippen molar-refractivity contribution < 1.29 is 14.4 Å². The number of aromatic nitrogens is 3. The molecule has 0 saturated carbocycles. The predicted molar refractivity (Wildman–Crippen MR) is 61.5 cm³/mol. The Morgan fingerprint density at radius 2 is 2.33 bits per heavy atom. The minimum atomic E-state index is -0.901. The Bertz CT molecular complexity index is 526. The van der Waals surface area contributed by atoms with Crippen molar-refractivity contribution in [1.82, 2.24) is 20.0 Å². The van der Waals surface area contributed by atoms with Crippen molar-refractivity contribution in [2.24, 2.45) is 0 Å². The molecule has 2 aromatic rings. The monoisotopic (exact) mass is 248 g/mol. The van der Waals surface area contributed by atoms with Crippen LogP contribution < -0.4 is 0 Å². The minimum absolute atomic E-state index is 0.0820. The van der Waals surface area contributed by atoms with Gasteiger partial charge in [-0.3, -0.25) is 14.7 Å². The summed E-state index contributed by atoms with van der Waals surface area (Å²) in [6, 6.07) is 5.40. The maximum absolute atomic E-state index is 10.5. The molecule has 0 fully saturated rings. The van der Waals surface area contributed by atoms with Gasteiger partial charge in [-0.15, -0.1) is 0 Å². The van der Waals surface area contributed by atoms with Crippen LogP contribution in [0.3, 0.4) is 0 Å². The van der Waals surface area contributed by atoms with E-state index in [4.69, 9.17) is 9.63 Å². The molecule has 1 N–H and O–H groups in total. The van der Waals surface area contributed by atoms with Crippen LogP contribution in [0.5, 0.6) is 0 Å². The molecule has 7 heteroatoms. The number of rotatable bonds is 5. The largest absolute Gasteiger partial charge is 0.480 e. The van der Waals surface area contributed by atoms with E-state index in [-0.39, 0.29) is 13.1 Å². The number of carboxylic acids is 1. The van der Waals surface area contributed by atoms with Gasteiger partial charge in [-0.25, -0.2) is 0 Å². The van der Waals surface area contributed by atoms with E-state index in [1.165, 1.54) is 0 Å². The number of hydrogen-bond acceptors (Lipinski definition) is 6. The fraction of sp³-hybridized carbons (Fsp3) is 0.273. The Labute approximate surface area is 103 Å². The molecule has 18 heavy (non-hydrogen) atoms. The number of aliphatic carboxylic acids is 1. The van der Waals surface area contributed by atoms with Crippen LogP contribution >= 0.6 is 0 Å². The maximum atomic E-state index is 10.5. The van der Waals surface area contributed by atoms with Crippen molar-refractivity contribution >= 4 is 5.97 Å². The normalized spacial score (nSPS) is 10.8. The number of hydrogen-bond donors (Lipinski definition) is 1. The van der Waals surface area contributed by atoms with Gasteiger partial charge in [0, 0.05) is 6.20 Å². The highest BCUT2D eigenvalue weighted by Crippen LogP contribution is 2.12. The third-order valence-electron chi connectivity index (χ3n) is 2.17. The predicted octanol–water partition coefficient (Wildman–Crippen LogP) is 0.648. The lowest BCUT2D eigenvalue weighted by molar-refractivity contribution is -0.138. The second-order valence-electron chi connectivity index (χ2n) is 3.79. The summed E-state index contributed by atoms with van der Waals surface area (Å²) < 4.78 is 5.04. The van der Waals surface area contributed by atoms with Crippen LogP contribution in [-0.4, -0.2) is 44.7 Å². The molecule has 0 amide bonds. The van der Waals surface area contributed by atoms with Gasteiger partial charge in [0.2, 0.25) is 11.7 Å². The first-order valence-corrected chi connectivity index (χ1v) is 5.29. The van der Waals surface area contributed by atoms with E-state index in [1.807, 2.05) is 6.07 Å². The fourth-order valence-electron chi connectivity index (χ4n) is 1.44. The van der Waals surface area contributed by atoms with Gasteiger partial charge in [0.25, 0.3) is 0 Å². The first-order chi connectivity index (χ1) is 8.65. The van der Waals surface area contributed by atoms with Gasteiger partial charge in [0.1, 0.15) is 5.69 Å². The Balaban J connectivity index is 2.05. The van der Waals surface area contributed by atoms with Crippen molar-refractivity contribution in [1.29, 1.82) is 0 Å². The third kappa shape index (κ3) is 3.11. The highest BCUT2D eigenvalue weighted by Gasteiger charge is 2.12. The van der Waals surface area contributed by atoms with E-state index in [9.17, 15) is 4.79 Å². The fourth-order valence-corrected chi connectivity index (χ4v) is 1.44. The number of likely N-dealkylation sites (N-methyl/N-ethyl adjacent to an activating group) is 1. The highest BCUT2D eigenvalue weighted by molar-refractivity contribution is 5.68. The van der Waals surface area contributed by atoms with Crippen LogP contribution in [0.1, 0.15) is 5.89 Å². The smallest absolute Gasteiger partial charge is 0.317 e. The van der Waals surface area contributed by atoms with Crippen LogP contribution in [0.4, 0.5) is 0 Å². The van der Waals surface area contributed by atoms with E-state index >= 15 is 0 Å². The maximum Gasteiger partial charge on any atom is 0.317 e. The Morgan fingerprint density at radius 1 is 1.50 bits per heavy atom. The average Bonchev–Trinajstić information content (AvgIpc) is 2.77. The van der Waals surface area contributed by atoms with Gasteiger partial charge < -0.3 is 9.63 Å². The lowest BCUT2D eigenvalue weighted by Crippen LogP contribution is -2.25. The summed E-state index contributed by atoms with van der Waals surface area (Å²) in [6.07, 6.45) is 1.64. The molecule has 0 aliphatic rings. The van der Waals surface area contributed by atoms with E-state index < -0.39 is 5.97 Å². The van der Waals surface area contributed by atoms with Crippen molar-refractivity contribution in [3.05, 3.63) is 30.3 Å². The minimum Gasteiger partial charge on any atom is -0.480 e. The molecule has 94 valence electrons. The summed E-state index contributed by atoms with van der Waals surface area (Å²) in [7, 11) is 1.67. The Morgan fingerprint density at radius 3 is 3.00 bits per heavy atom. The van der Waals surface area contributed by atoms with Crippen LogP contribution in [-0.2, 0) is 11.3 Å². The summed E-state index contributed by atoms with van der Waals surface area (Å²) in [6.45, 7) is 0.202. The molecule has 0 spiro atoms. The standard InChI is InChI=1S/C11H12N4O3/c1-15(7-10(16)17)6-9-13-11(14-18-9)8-4-2-3-5-12-8/h2-5H,6-7H2,1H3,(H,16,17). The van der Waals surface area contributed by atoms with Gasteiger partial charge in [0.05, 0.1) is 13.1 Å². The molecule has 0 bridgehead atoms. The number of pyridine rings is 1. The summed E-state index contributed by atoms with van der Waals surface area (Å²) in [4.78, 5) is 20.3. The average molecular weight is 248 g/mol. The lowest BCUT2D eigenvalue weighted by atomic mass is 10.3. The van der Waals surface area contributed by atoms with E-state index in [0.717, 1.165) is 0 Å². The quantitative estimate of drug-likeness (QED) is 0.830. The van der Waals surface area contributed by atoms with Gasteiger partial charge in [-0.2, -0.15) is 4.98 Å². The zero-order valence-corrected chi connectivity index (χ0v) is 9.78. The summed E-state index contributed by atoms with van der Waals surface area (Å²) >= 11 is 0. The second-order valence-corrected chi connectivity index (χ2v) is 3.79. The van der Waals surface area contributed by atoms with Crippen LogP contribution in [0.2, 0.25) is 0 Å². The molecular weight excluding hydrogens is 236 g/mol. The van der Waals surface area contributed by atoms with Gasteiger partial charge in [-0.1, -0.05) is 11.2 Å². The molecular formula is C11H12N4O3. The van der Waals surface area contributed by atoms with E-state index in [1.54, 1.807) is 30.3 Å². The SMILES string of the molecule is CN(CC(=O)O)Cc1nc(-c2ccccn2)no1. The Hall–Kier alpha value is -2.28. The molecule has 0 aliphatic heterocycles. The van der Waals surface area contributed by atoms with Crippen LogP contribution in [0, 0.1) is 0 Å². The first kappa shape index (κ1) is 12.2. The van der Waals surface area contributed by atoms with E-state index in [0.29, 0.717) is 17.4 Å². The number of carbonyl (C=O) groups is 1. The van der Waals surface area contributed by atoms with Crippen LogP contribution in [0.15, 0.2) is 28.9 Å². The topological polar surface area (TPSA) is 92.4 Å². The Kier molecular flexibility index (Phi) is 3.63. The van der Waals surface area contributed by atoms with Crippen molar-refractivity contribution in [2.75, 3.05) is 13.6 Å². The molecule has 2 aromatic heterocycles. The van der Waals surface area contributed by atoms with Crippen LogP contribution in [0.25, 0.3) is 11.5 Å². The number of nitrogens with zero attached hydrogens (tertiary/aromatic N) is 4. The third-order valence-corrected chi connectivity index (χ3v) is 2.17. The van der Waals surface area contributed by atoms with Gasteiger partial charge in [-0.05, 0) is 19.2 Å². The summed E-state index contributed by atoms with van der Waals surface area (Å²) in [5.74, 6) is -0.143. The molecule has 0 aromatic carbocycles. The van der Waals surface area contributed by atoms with Crippen molar-refractivity contribution in [3.63, 3.8) is 0 Å². The molecule has 0 saturated heterocycles. The molecule has 2 heterocycles. The molecule has 0 radical (unpaired) electrons. The molecule has 0 unspecified atom stereocenters. The zero-order chi connectivity index (χ0) is 13.0. The van der Waals surface area contributed by atoms with Gasteiger partial charge in [0.15, 0.2) is 0 Å². The first-order valence-electron chi connectivity index (χ1n) is 5.29. The summed E-state index contributed by atoms with van der Waals surface area (Å²) in [5, 5.41) is 12.4. The highest BCUT2D eigenvalue weighted by atomic mass is 16.5. The molecule has 7 nitrogen and oxygen atoms in total. The zero-order valence-electron chi connectivity index (χ0n) is 9.78. The van der Waals surface area contributed by atoms with Gasteiger partial charge >= 0.3 is 5.97 Å². The summed E-state index contributed by atoms with van der Waals surface area (Å²) in [5.41, 5.74) is 0.619. The number of carboxylic acid groups (broad SMARTS) is 1. The van der Waals surface area contributed by atoms with Crippen molar-refractivity contribution in [2.45, 2.75) is 6.54 Å². The molecule has 0 atom stereocenters. The lowest BCUT2D eigenvalue weighted by Gasteiger charge is -2.09. The molecule has 0 aliphatic carbocycles. The van der Waals surface area contributed by atoms with Crippen molar-refractivity contribution in [3.8, 4) is 11.5 Å². The molecule has 2 rings (SSSR count).